The fourth-order valence-electron chi connectivity index (χ4n) is 1.25. The number of hydrogen-bond donors (Lipinski definition) is 0. The molecule has 1 rings (SSSR count). The van der Waals surface area contributed by atoms with E-state index in [4.69, 9.17) is 4.74 Å². The van der Waals surface area contributed by atoms with Crippen LogP contribution < -0.4 is 4.74 Å². The molecule has 0 spiro atoms. The van der Waals surface area contributed by atoms with E-state index < -0.39 is 0 Å². The summed E-state index contributed by atoms with van der Waals surface area (Å²) in [6, 6.07) is 8.32. The summed E-state index contributed by atoms with van der Waals surface area (Å²) in [4.78, 5) is 0. The minimum Gasteiger partial charge on any atom is -0.497 e. The predicted molar refractivity (Wildman–Crippen MR) is 84.4 cm³/mol. The molecule has 0 fully saturated rings. The summed E-state index contributed by atoms with van der Waals surface area (Å²) in [5.41, 5.74) is 1.64. The maximum absolute atomic E-state index is 5.12. The van der Waals surface area contributed by atoms with Crippen LogP contribution in [0.3, 0.4) is 0 Å². The minimum atomic E-state index is 0.270. The van der Waals surface area contributed by atoms with Crippen LogP contribution in [0.4, 0.5) is 0 Å². The van der Waals surface area contributed by atoms with E-state index in [1.165, 1.54) is 5.56 Å². The lowest BCUT2D eigenvalue weighted by atomic mass is 9.82. The van der Waals surface area contributed by atoms with Crippen molar-refractivity contribution in [2.75, 3.05) is 7.11 Å². The Bertz CT molecular complexity index is 267. The summed E-state index contributed by atoms with van der Waals surface area (Å²) in [6.07, 6.45) is 1.15. The standard InChI is InChI=1S/C12H18O.I2/c1-5-12(2,3)10-6-8-11(13-4)9-7-10;1-2/h6-9H,5H2,1-4H3;. The zero-order chi connectivity index (χ0) is 11.9. The van der Waals surface area contributed by atoms with Gasteiger partial charge in [-0.2, -0.15) is 0 Å². The average Bonchev–Trinajstić information content (AvgIpc) is 2.32. The highest BCUT2D eigenvalue weighted by molar-refractivity contribution is 15.0. The Kier molecular flexibility index (Phi) is 7.95. The molecule has 1 aromatic carbocycles. The van der Waals surface area contributed by atoms with Gasteiger partial charge in [-0.25, -0.2) is 0 Å². The fraction of sp³-hybridized carbons (Fsp3) is 0.500. The van der Waals surface area contributed by atoms with Crippen molar-refractivity contribution in [2.24, 2.45) is 0 Å². The molecule has 0 N–H and O–H groups in total. The lowest BCUT2D eigenvalue weighted by Gasteiger charge is -2.23. The largest absolute Gasteiger partial charge is 0.497 e. The summed E-state index contributed by atoms with van der Waals surface area (Å²) >= 11 is 4.24. The summed E-state index contributed by atoms with van der Waals surface area (Å²) in [5.74, 6) is 0.927. The van der Waals surface area contributed by atoms with Crippen LogP contribution >= 0.6 is 37.2 Å². The van der Waals surface area contributed by atoms with Gasteiger partial charge in [0.1, 0.15) is 5.75 Å². The van der Waals surface area contributed by atoms with Crippen LogP contribution in [0.2, 0.25) is 0 Å². The molecule has 0 aromatic heterocycles. The van der Waals surface area contributed by atoms with E-state index in [0.29, 0.717) is 0 Å². The number of hydrogen-bond acceptors (Lipinski definition) is 1. The first-order valence-electron chi connectivity index (χ1n) is 4.89. The van der Waals surface area contributed by atoms with E-state index in [-0.39, 0.29) is 5.41 Å². The minimum absolute atomic E-state index is 0.270. The smallest absolute Gasteiger partial charge is 0.118 e. The molecule has 86 valence electrons. The molecule has 0 aliphatic rings. The van der Waals surface area contributed by atoms with Crippen molar-refractivity contribution < 1.29 is 4.74 Å². The molecule has 1 nitrogen and oxygen atoms in total. The highest BCUT2D eigenvalue weighted by Crippen LogP contribution is 2.27. The van der Waals surface area contributed by atoms with Gasteiger partial charge in [0.15, 0.2) is 0 Å². The van der Waals surface area contributed by atoms with Crippen LogP contribution in [0.15, 0.2) is 24.3 Å². The van der Waals surface area contributed by atoms with Gasteiger partial charge in [0.25, 0.3) is 0 Å². The normalized spacial score (nSPS) is 10.3. The van der Waals surface area contributed by atoms with Gasteiger partial charge in [0, 0.05) is 37.2 Å². The summed E-state index contributed by atoms with van der Waals surface area (Å²) < 4.78 is 5.12. The Labute approximate surface area is 116 Å². The second-order valence-electron chi connectivity index (χ2n) is 3.97. The molecule has 0 aliphatic carbocycles. The molecule has 0 saturated carbocycles. The van der Waals surface area contributed by atoms with Crippen molar-refractivity contribution in [3.63, 3.8) is 0 Å². The number of benzene rings is 1. The van der Waals surface area contributed by atoms with Gasteiger partial charge >= 0.3 is 0 Å². The predicted octanol–water partition coefficient (Wildman–Crippen LogP) is 5.15. The molecule has 0 aliphatic heterocycles. The monoisotopic (exact) mass is 432 g/mol. The van der Waals surface area contributed by atoms with Crippen molar-refractivity contribution >= 4 is 37.2 Å². The number of ether oxygens (including phenoxy) is 1. The van der Waals surface area contributed by atoms with Crippen molar-refractivity contribution in [3.8, 4) is 5.75 Å². The van der Waals surface area contributed by atoms with E-state index in [0.717, 1.165) is 12.2 Å². The van der Waals surface area contributed by atoms with Crippen LogP contribution in [0.25, 0.3) is 0 Å². The van der Waals surface area contributed by atoms with Crippen LogP contribution in [-0.2, 0) is 5.41 Å². The third-order valence-electron chi connectivity index (χ3n) is 2.76. The first kappa shape index (κ1) is 15.5. The maximum Gasteiger partial charge on any atom is 0.118 e. The molecule has 0 atom stereocenters. The number of methoxy groups -OCH3 is 1. The van der Waals surface area contributed by atoms with Gasteiger partial charge in [-0.3, -0.25) is 0 Å². The van der Waals surface area contributed by atoms with Crippen molar-refractivity contribution in [1.82, 2.24) is 0 Å². The van der Waals surface area contributed by atoms with Crippen LogP contribution in [0.1, 0.15) is 32.8 Å². The molecule has 15 heavy (non-hydrogen) atoms. The highest BCUT2D eigenvalue weighted by Gasteiger charge is 2.17. The van der Waals surface area contributed by atoms with Crippen molar-refractivity contribution in [1.29, 1.82) is 0 Å². The Balaban J connectivity index is 0.000000921. The van der Waals surface area contributed by atoms with Crippen LogP contribution in [-0.4, -0.2) is 7.11 Å². The zero-order valence-electron chi connectivity index (χ0n) is 9.68. The molecule has 0 radical (unpaired) electrons. The SMILES string of the molecule is CCC(C)(C)c1ccc(OC)cc1.II. The quantitative estimate of drug-likeness (QED) is 0.601. The summed E-state index contributed by atoms with van der Waals surface area (Å²) in [7, 11) is 1.69. The first-order chi connectivity index (χ1) is 7.10. The first-order valence-corrected chi connectivity index (χ1v) is 11.2. The molecule has 0 unspecified atom stereocenters. The molecular weight excluding hydrogens is 414 g/mol. The lowest BCUT2D eigenvalue weighted by Crippen LogP contribution is -2.14. The fourth-order valence-corrected chi connectivity index (χ4v) is 1.25. The van der Waals surface area contributed by atoms with Gasteiger partial charge in [-0.05, 0) is 29.5 Å². The molecule has 1 aromatic rings. The van der Waals surface area contributed by atoms with Crippen LogP contribution in [0.5, 0.6) is 5.75 Å². The lowest BCUT2D eigenvalue weighted by molar-refractivity contribution is 0.413. The Hall–Kier alpha value is 0.480. The summed E-state index contributed by atoms with van der Waals surface area (Å²) in [5, 5.41) is 0. The third-order valence-corrected chi connectivity index (χ3v) is 2.76. The average molecular weight is 432 g/mol. The second kappa shape index (κ2) is 7.70. The van der Waals surface area contributed by atoms with Gasteiger partial charge in [-0.1, -0.05) is 32.9 Å². The molecule has 0 heterocycles. The number of halogens is 2. The highest BCUT2D eigenvalue weighted by atomic mass is 128. The topological polar surface area (TPSA) is 9.23 Å². The van der Waals surface area contributed by atoms with Gasteiger partial charge in [-0.15, -0.1) is 0 Å². The van der Waals surface area contributed by atoms with Gasteiger partial charge in [0.2, 0.25) is 0 Å². The Morgan fingerprint density at radius 2 is 1.60 bits per heavy atom. The molecule has 3 heteroatoms. The van der Waals surface area contributed by atoms with E-state index in [1.54, 1.807) is 7.11 Å². The second-order valence-corrected chi connectivity index (χ2v) is 3.97. The van der Waals surface area contributed by atoms with E-state index in [2.05, 4.69) is 70.1 Å². The Morgan fingerprint density at radius 3 is 1.93 bits per heavy atom. The molecule has 0 saturated heterocycles. The van der Waals surface area contributed by atoms with E-state index in [9.17, 15) is 0 Å². The van der Waals surface area contributed by atoms with Crippen molar-refractivity contribution in [3.05, 3.63) is 29.8 Å². The van der Waals surface area contributed by atoms with Crippen LogP contribution in [0, 0.1) is 0 Å². The molecule has 0 bridgehead atoms. The van der Waals surface area contributed by atoms with E-state index in [1.807, 2.05) is 12.1 Å². The zero-order valence-corrected chi connectivity index (χ0v) is 14.0. The summed E-state index contributed by atoms with van der Waals surface area (Å²) in [6.45, 7) is 6.73. The van der Waals surface area contributed by atoms with Gasteiger partial charge in [0.05, 0.1) is 7.11 Å². The maximum atomic E-state index is 5.12. The number of rotatable bonds is 3. The van der Waals surface area contributed by atoms with E-state index >= 15 is 0 Å². The van der Waals surface area contributed by atoms with Crippen molar-refractivity contribution in [2.45, 2.75) is 32.6 Å². The van der Waals surface area contributed by atoms with Gasteiger partial charge < -0.3 is 4.74 Å². The molecular formula is C12H18I2O. The Morgan fingerprint density at radius 1 is 1.13 bits per heavy atom. The third kappa shape index (κ3) is 4.89. The molecule has 0 amide bonds.